The molecule has 0 aromatic heterocycles. The van der Waals surface area contributed by atoms with E-state index in [1.807, 2.05) is 6.07 Å². The molecule has 0 fully saturated rings. The highest BCUT2D eigenvalue weighted by molar-refractivity contribution is 5.83. The summed E-state index contributed by atoms with van der Waals surface area (Å²) in [7, 11) is 1.42. The third-order valence-electron chi connectivity index (χ3n) is 2.96. The first kappa shape index (κ1) is 14.4. The van der Waals surface area contributed by atoms with Crippen LogP contribution in [0.2, 0.25) is 0 Å². The highest BCUT2D eigenvalue weighted by Gasteiger charge is 2.22. The highest BCUT2D eigenvalue weighted by atomic mass is 19.1. The number of benzene rings is 2. The molecule has 0 saturated carbocycles. The van der Waals surface area contributed by atoms with Crippen molar-refractivity contribution in [3.8, 4) is 17.2 Å². The van der Waals surface area contributed by atoms with Crippen molar-refractivity contribution in [2.75, 3.05) is 12.4 Å². The lowest BCUT2D eigenvalue weighted by Crippen LogP contribution is -2.01. The molecule has 0 bridgehead atoms. The number of rotatable bonds is 3. The molecule has 0 atom stereocenters. The van der Waals surface area contributed by atoms with Crippen molar-refractivity contribution in [2.24, 2.45) is 0 Å². The van der Waals surface area contributed by atoms with Crippen LogP contribution in [0.1, 0.15) is 5.56 Å². The summed E-state index contributed by atoms with van der Waals surface area (Å²) in [5, 5.41) is 22.8. The summed E-state index contributed by atoms with van der Waals surface area (Å²) in [5.41, 5.74) is -0.217. The molecular weight excluding hydrogens is 280 g/mol. The molecule has 0 aliphatic rings. The van der Waals surface area contributed by atoms with E-state index in [1.165, 1.54) is 25.2 Å². The van der Waals surface area contributed by atoms with Crippen LogP contribution in [0.15, 0.2) is 30.3 Å². The Morgan fingerprint density at radius 3 is 2.43 bits per heavy atom. The lowest BCUT2D eigenvalue weighted by molar-refractivity contribution is -0.383. The van der Waals surface area contributed by atoms with Crippen LogP contribution in [0.25, 0.3) is 11.1 Å². The van der Waals surface area contributed by atoms with Crippen molar-refractivity contribution in [1.29, 1.82) is 5.26 Å². The summed E-state index contributed by atoms with van der Waals surface area (Å²) in [6.07, 6.45) is 0. The largest absolute Gasteiger partial charge is 0.381 e. The van der Waals surface area contributed by atoms with Crippen LogP contribution >= 0.6 is 0 Å². The lowest BCUT2D eigenvalue weighted by Gasteiger charge is -2.10. The second kappa shape index (κ2) is 5.54. The van der Waals surface area contributed by atoms with Crippen LogP contribution in [0.4, 0.5) is 20.2 Å². The average molecular weight is 289 g/mol. The average Bonchev–Trinajstić information content (AvgIpc) is 2.45. The van der Waals surface area contributed by atoms with Gasteiger partial charge in [-0.3, -0.25) is 10.1 Å². The summed E-state index contributed by atoms with van der Waals surface area (Å²) in [4.78, 5) is 10.3. The third kappa shape index (κ3) is 2.51. The minimum Gasteiger partial charge on any atom is -0.381 e. The van der Waals surface area contributed by atoms with Crippen LogP contribution in [0.3, 0.4) is 0 Å². The first-order chi connectivity index (χ1) is 9.99. The smallest absolute Gasteiger partial charge is 0.293 e. The molecule has 2 aromatic carbocycles. The van der Waals surface area contributed by atoms with Gasteiger partial charge in [-0.05, 0) is 18.2 Å². The monoisotopic (exact) mass is 289 g/mol. The summed E-state index contributed by atoms with van der Waals surface area (Å²) >= 11 is 0. The molecule has 21 heavy (non-hydrogen) atoms. The van der Waals surface area contributed by atoms with Crippen molar-refractivity contribution >= 4 is 11.4 Å². The van der Waals surface area contributed by atoms with E-state index in [1.54, 1.807) is 0 Å². The predicted molar refractivity (Wildman–Crippen MR) is 72.7 cm³/mol. The molecule has 106 valence electrons. The normalized spacial score (nSPS) is 10.0. The Bertz CT molecular complexity index is 770. The third-order valence-corrected chi connectivity index (χ3v) is 2.96. The maximum Gasteiger partial charge on any atom is 0.293 e. The number of hydrogen-bond acceptors (Lipinski definition) is 4. The Hall–Kier alpha value is -3.01. The van der Waals surface area contributed by atoms with E-state index in [4.69, 9.17) is 0 Å². The van der Waals surface area contributed by atoms with Gasteiger partial charge in [0.05, 0.1) is 10.5 Å². The number of nitriles is 1. The minimum absolute atomic E-state index is 0.000604. The summed E-state index contributed by atoms with van der Waals surface area (Å²) < 4.78 is 26.8. The lowest BCUT2D eigenvalue weighted by atomic mass is 9.97. The molecule has 1 N–H and O–H groups in total. The van der Waals surface area contributed by atoms with Gasteiger partial charge in [-0.25, -0.2) is 8.78 Å². The van der Waals surface area contributed by atoms with Crippen molar-refractivity contribution < 1.29 is 13.7 Å². The quantitative estimate of drug-likeness (QED) is 0.693. The molecule has 0 saturated heterocycles. The van der Waals surface area contributed by atoms with Crippen molar-refractivity contribution in [3.05, 3.63) is 57.6 Å². The Morgan fingerprint density at radius 1 is 1.24 bits per heavy atom. The summed E-state index contributed by atoms with van der Waals surface area (Å²) in [5.74, 6) is -1.59. The number of halogens is 2. The van der Waals surface area contributed by atoms with Crippen LogP contribution in [-0.4, -0.2) is 12.0 Å². The molecule has 2 aromatic rings. The first-order valence-electron chi connectivity index (χ1n) is 5.84. The molecule has 0 spiro atoms. The van der Waals surface area contributed by atoms with E-state index in [0.717, 1.165) is 6.07 Å². The zero-order valence-electron chi connectivity index (χ0n) is 10.9. The SMILES string of the molecule is CNc1c([N+](=O)[O-])ccc(-c2ccc(F)cc2F)c1C#N. The summed E-state index contributed by atoms with van der Waals surface area (Å²) in [6, 6.07) is 7.20. The Morgan fingerprint density at radius 2 is 1.90 bits per heavy atom. The van der Waals surface area contributed by atoms with Crippen molar-refractivity contribution in [3.63, 3.8) is 0 Å². The van der Waals surface area contributed by atoms with Crippen molar-refractivity contribution in [1.82, 2.24) is 0 Å². The Labute approximate surface area is 118 Å². The first-order valence-corrected chi connectivity index (χ1v) is 5.84. The maximum atomic E-state index is 13.8. The minimum atomic E-state index is -0.845. The van der Waals surface area contributed by atoms with Gasteiger partial charge in [-0.2, -0.15) is 5.26 Å². The Kier molecular flexibility index (Phi) is 3.80. The van der Waals surface area contributed by atoms with E-state index < -0.39 is 16.6 Å². The molecule has 0 aliphatic heterocycles. The topological polar surface area (TPSA) is 79.0 Å². The van der Waals surface area contributed by atoms with Gasteiger partial charge in [0, 0.05) is 30.3 Å². The maximum absolute atomic E-state index is 13.8. The van der Waals surface area contributed by atoms with E-state index in [-0.39, 0.29) is 28.1 Å². The van der Waals surface area contributed by atoms with Gasteiger partial charge < -0.3 is 5.32 Å². The van der Waals surface area contributed by atoms with Gasteiger partial charge in [0.15, 0.2) is 0 Å². The van der Waals surface area contributed by atoms with E-state index in [9.17, 15) is 24.2 Å². The predicted octanol–water partition coefficient (Wildman–Crippen LogP) is 3.45. The molecule has 0 unspecified atom stereocenters. The second-order valence-corrected chi connectivity index (χ2v) is 4.13. The zero-order valence-corrected chi connectivity index (χ0v) is 10.9. The molecule has 5 nitrogen and oxygen atoms in total. The van der Waals surface area contributed by atoms with Crippen molar-refractivity contribution in [2.45, 2.75) is 0 Å². The number of anilines is 1. The highest BCUT2D eigenvalue weighted by Crippen LogP contribution is 2.36. The fraction of sp³-hybridized carbons (Fsp3) is 0.0714. The molecule has 0 radical (unpaired) electrons. The molecule has 0 aliphatic carbocycles. The number of nitrogens with zero attached hydrogens (tertiary/aromatic N) is 2. The van der Waals surface area contributed by atoms with Crippen LogP contribution in [0.5, 0.6) is 0 Å². The molecule has 0 amide bonds. The van der Waals surface area contributed by atoms with Gasteiger partial charge in [0.25, 0.3) is 5.69 Å². The van der Waals surface area contributed by atoms with Gasteiger partial charge in [0.2, 0.25) is 0 Å². The van der Waals surface area contributed by atoms with Crippen LogP contribution in [0, 0.1) is 33.1 Å². The van der Waals surface area contributed by atoms with E-state index >= 15 is 0 Å². The standard InChI is InChI=1S/C14H9F2N3O2/c1-18-14-11(7-17)9(4-5-13(14)19(20)21)10-3-2-8(15)6-12(10)16/h2-6,18H,1H3. The van der Waals surface area contributed by atoms with E-state index in [2.05, 4.69) is 5.32 Å². The zero-order chi connectivity index (χ0) is 15.6. The van der Waals surface area contributed by atoms with Gasteiger partial charge in [-0.15, -0.1) is 0 Å². The Balaban J connectivity index is 2.76. The molecule has 7 heteroatoms. The van der Waals surface area contributed by atoms with Crippen LogP contribution in [-0.2, 0) is 0 Å². The number of nitro groups is 1. The second-order valence-electron chi connectivity index (χ2n) is 4.13. The fourth-order valence-electron chi connectivity index (χ4n) is 2.05. The number of hydrogen-bond donors (Lipinski definition) is 1. The fourth-order valence-corrected chi connectivity index (χ4v) is 2.05. The van der Waals surface area contributed by atoms with Crippen LogP contribution < -0.4 is 5.32 Å². The van der Waals surface area contributed by atoms with Gasteiger partial charge >= 0.3 is 0 Å². The van der Waals surface area contributed by atoms with Gasteiger partial charge in [-0.1, -0.05) is 0 Å². The summed E-state index contributed by atoms with van der Waals surface area (Å²) in [6.45, 7) is 0. The van der Waals surface area contributed by atoms with E-state index in [0.29, 0.717) is 6.07 Å². The molecule has 2 rings (SSSR count). The van der Waals surface area contributed by atoms with Gasteiger partial charge in [0.1, 0.15) is 23.4 Å². The number of nitro benzene ring substituents is 1. The molecular formula is C14H9F2N3O2. The molecule has 0 heterocycles. The number of nitrogens with one attached hydrogen (secondary N) is 1.